The molecule has 1 aliphatic heterocycles. The van der Waals surface area contributed by atoms with Crippen LogP contribution in [0.4, 0.5) is 4.39 Å². The predicted molar refractivity (Wildman–Crippen MR) is 89.8 cm³/mol. The molecule has 1 aromatic heterocycles. The van der Waals surface area contributed by atoms with Crippen LogP contribution >= 0.6 is 0 Å². The Labute approximate surface area is 136 Å². The fourth-order valence-electron chi connectivity index (χ4n) is 3.93. The number of hydrogen-bond donors (Lipinski definition) is 1. The molecule has 2 aliphatic rings. The van der Waals surface area contributed by atoms with E-state index in [0.717, 1.165) is 43.9 Å². The van der Waals surface area contributed by atoms with E-state index in [4.69, 9.17) is 0 Å². The van der Waals surface area contributed by atoms with E-state index < -0.39 is 0 Å². The highest BCUT2D eigenvalue weighted by Gasteiger charge is 2.27. The number of fused-ring (bicyclic) bond motifs is 1. The summed E-state index contributed by atoms with van der Waals surface area (Å²) in [5.41, 5.74) is 2.41. The van der Waals surface area contributed by atoms with Crippen LogP contribution in [0, 0.1) is 11.7 Å². The Morgan fingerprint density at radius 2 is 1.96 bits per heavy atom. The molecule has 1 saturated carbocycles. The lowest BCUT2D eigenvalue weighted by Gasteiger charge is -2.33. The summed E-state index contributed by atoms with van der Waals surface area (Å²) in [5, 5.41) is 10.9. The number of aliphatic hydroxyl groups excluding tert-OH is 1. The van der Waals surface area contributed by atoms with Crippen molar-refractivity contribution >= 4 is 10.9 Å². The van der Waals surface area contributed by atoms with Crippen LogP contribution in [0.2, 0.25) is 0 Å². The number of piperidine rings is 1. The molecule has 1 saturated heterocycles. The molecule has 124 valence electrons. The predicted octanol–water partition coefficient (Wildman–Crippen LogP) is 3.71. The summed E-state index contributed by atoms with van der Waals surface area (Å²) < 4.78 is 16.0. The highest BCUT2D eigenvalue weighted by atomic mass is 19.1. The van der Waals surface area contributed by atoms with E-state index in [1.165, 1.54) is 23.8 Å². The lowest BCUT2D eigenvalue weighted by atomic mass is 9.89. The van der Waals surface area contributed by atoms with E-state index in [2.05, 4.69) is 15.7 Å². The first-order valence-electron chi connectivity index (χ1n) is 8.82. The maximum atomic E-state index is 13.7. The maximum Gasteiger partial charge on any atom is 0.125 e. The smallest absolute Gasteiger partial charge is 0.125 e. The third kappa shape index (κ3) is 3.02. The van der Waals surface area contributed by atoms with Gasteiger partial charge in [-0.2, -0.15) is 0 Å². The molecular weight excluding hydrogens is 291 g/mol. The van der Waals surface area contributed by atoms with Gasteiger partial charge in [0.05, 0.1) is 5.52 Å². The van der Waals surface area contributed by atoms with Crippen molar-refractivity contribution in [3.8, 4) is 0 Å². The average molecular weight is 316 g/mol. The van der Waals surface area contributed by atoms with Crippen molar-refractivity contribution < 1.29 is 9.50 Å². The summed E-state index contributed by atoms with van der Waals surface area (Å²) in [7, 11) is 0. The van der Waals surface area contributed by atoms with Crippen molar-refractivity contribution in [2.24, 2.45) is 5.92 Å². The van der Waals surface area contributed by atoms with Gasteiger partial charge in [-0.1, -0.05) is 0 Å². The molecule has 2 fully saturated rings. The van der Waals surface area contributed by atoms with E-state index in [0.29, 0.717) is 5.92 Å². The molecule has 1 N–H and O–H groups in total. The monoisotopic (exact) mass is 316 g/mol. The molecule has 0 spiro atoms. The van der Waals surface area contributed by atoms with Crippen LogP contribution in [-0.4, -0.2) is 33.9 Å². The van der Waals surface area contributed by atoms with Gasteiger partial charge in [0.1, 0.15) is 12.0 Å². The van der Waals surface area contributed by atoms with Crippen molar-refractivity contribution in [1.29, 1.82) is 0 Å². The molecule has 4 heteroatoms. The van der Waals surface area contributed by atoms with Gasteiger partial charge in [-0.15, -0.1) is 0 Å². The molecule has 0 radical (unpaired) electrons. The van der Waals surface area contributed by atoms with Gasteiger partial charge in [0.15, 0.2) is 0 Å². The zero-order valence-electron chi connectivity index (χ0n) is 13.7. The second-order valence-electron chi connectivity index (χ2n) is 7.28. The van der Waals surface area contributed by atoms with Gasteiger partial charge < -0.3 is 9.67 Å². The standard InChI is InChI=1S/C19H25FN2O/c1-13(23)21-8-6-15(7-9-21)18-12-22(11-14-2-3-14)19-10-16(20)4-5-17(18)19/h4-5,10,12-15,23H,2-3,6-9,11H2,1H3. The van der Waals surface area contributed by atoms with Crippen molar-refractivity contribution in [2.75, 3.05) is 13.1 Å². The molecular formula is C19H25FN2O. The van der Waals surface area contributed by atoms with Crippen molar-refractivity contribution in [2.45, 2.75) is 51.3 Å². The van der Waals surface area contributed by atoms with E-state index in [1.807, 2.05) is 13.0 Å². The van der Waals surface area contributed by atoms with Crippen molar-refractivity contribution in [3.05, 3.63) is 35.8 Å². The topological polar surface area (TPSA) is 28.4 Å². The fourth-order valence-corrected chi connectivity index (χ4v) is 3.93. The molecule has 1 aromatic carbocycles. The summed E-state index contributed by atoms with van der Waals surface area (Å²) >= 11 is 0. The number of nitrogens with zero attached hydrogens (tertiary/aromatic N) is 2. The minimum atomic E-state index is -0.360. The number of aromatic nitrogens is 1. The van der Waals surface area contributed by atoms with Crippen molar-refractivity contribution in [1.82, 2.24) is 9.47 Å². The first-order valence-corrected chi connectivity index (χ1v) is 8.82. The Morgan fingerprint density at radius 1 is 1.22 bits per heavy atom. The molecule has 2 heterocycles. The third-order valence-electron chi connectivity index (χ3n) is 5.52. The molecule has 1 aliphatic carbocycles. The minimum absolute atomic E-state index is 0.150. The van der Waals surface area contributed by atoms with Crippen LogP contribution in [0.5, 0.6) is 0 Å². The van der Waals surface area contributed by atoms with Gasteiger partial charge in [-0.05, 0) is 68.2 Å². The normalized spacial score (nSPS) is 21.9. The first-order chi connectivity index (χ1) is 11.1. The summed E-state index contributed by atoms with van der Waals surface area (Å²) in [5.74, 6) is 1.14. The Bertz CT molecular complexity index is 697. The third-order valence-corrected chi connectivity index (χ3v) is 5.52. The second-order valence-corrected chi connectivity index (χ2v) is 7.28. The number of aliphatic hydroxyl groups is 1. The molecule has 4 rings (SSSR count). The lowest BCUT2D eigenvalue weighted by Crippen LogP contribution is -2.39. The molecule has 23 heavy (non-hydrogen) atoms. The number of halogens is 1. The quantitative estimate of drug-likeness (QED) is 0.931. The molecule has 1 atom stereocenters. The SMILES string of the molecule is CC(O)N1CCC(c2cn(CC3CC3)c3cc(F)ccc23)CC1. The van der Waals surface area contributed by atoms with Crippen LogP contribution in [0.15, 0.2) is 24.4 Å². The number of hydrogen-bond acceptors (Lipinski definition) is 2. The van der Waals surface area contributed by atoms with Gasteiger partial charge in [-0.3, -0.25) is 4.90 Å². The van der Waals surface area contributed by atoms with Gasteiger partial charge in [-0.25, -0.2) is 4.39 Å². The van der Waals surface area contributed by atoms with E-state index in [1.54, 1.807) is 12.1 Å². The Kier molecular flexibility index (Phi) is 3.90. The molecule has 0 amide bonds. The Morgan fingerprint density at radius 3 is 2.61 bits per heavy atom. The minimum Gasteiger partial charge on any atom is -0.379 e. The van der Waals surface area contributed by atoms with Crippen LogP contribution in [0.25, 0.3) is 10.9 Å². The summed E-state index contributed by atoms with van der Waals surface area (Å²) in [6.07, 6.45) is 6.64. The van der Waals surface area contributed by atoms with Gasteiger partial charge in [0, 0.05) is 31.2 Å². The summed E-state index contributed by atoms with van der Waals surface area (Å²) in [4.78, 5) is 2.12. The largest absolute Gasteiger partial charge is 0.379 e. The Balaban J connectivity index is 1.64. The number of benzene rings is 1. The van der Waals surface area contributed by atoms with E-state index in [9.17, 15) is 9.50 Å². The summed E-state index contributed by atoms with van der Waals surface area (Å²) in [6.45, 7) is 4.72. The van der Waals surface area contributed by atoms with Crippen LogP contribution < -0.4 is 0 Å². The fraction of sp³-hybridized carbons (Fsp3) is 0.579. The summed E-state index contributed by atoms with van der Waals surface area (Å²) in [6, 6.07) is 5.22. The van der Waals surface area contributed by atoms with Gasteiger partial charge in [0.2, 0.25) is 0 Å². The molecule has 1 unspecified atom stereocenters. The highest BCUT2D eigenvalue weighted by molar-refractivity contribution is 5.84. The molecule has 0 bridgehead atoms. The van der Waals surface area contributed by atoms with Crippen LogP contribution in [-0.2, 0) is 6.54 Å². The maximum absolute atomic E-state index is 13.7. The zero-order chi connectivity index (χ0) is 16.0. The second kappa shape index (κ2) is 5.91. The lowest BCUT2D eigenvalue weighted by molar-refractivity contribution is 0.00312. The highest BCUT2D eigenvalue weighted by Crippen LogP contribution is 2.37. The molecule has 2 aromatic rings. The van der Waals surface area contributed by atoms with Gasteiger partial charge in [0.25, 0.3) is 0 Å². The number of likely N-dealkylation sites (tertiary alicyclic amines) is 1. The van der Waals surface area contributed by atoms with Crippen molar-refractivity contribution in [3.63, 3.8) is 0 Å². The molecule has 3 nitrogen and oxygen atoms in total. The average Bonchev–Trinajstić information content (AvgIpc) is 3.29. The van der Waals surface area contributed by atoms with Crippen LogP contribution in [0.3, 0.4) is 0 Å². The van der Waals surface area contributed by atoms with Gasteiger partial charge >= 0.3 is 0 Å². The first kappa shape index (κ1) is 15.2. The Hall–Kier alpha value is -1.39. The number of rotatable bonds is 4. The zero-order valence-corrected chi connectivity index (χ0v) is 13.7. The van der Waals surface area contributed by atoms with E-state index in [-0.39, 0.29) is 12.0 Å². The van der Waals surface area contributed by atoms with E-state index >= 15 is 0 Å². The van der Waals surface area contributed by atoms with Crippen LogP contribution in [0.1, 0.15) is 44.1 Å².